The Morgan fingerprint density at radius 2 is 1.66 bits per heavy atom. The molecule has 4 atom stereocenters. The Hall–Kier alpha value is -4.58. The van der Waals surface area contributed by atoms with E-state index in [4.69, 9.17) is 0 Å². The summed E-state index contributed by atoms with van der Waals surface area (Å²) in [5, 5.41) is 13.0. The summed E-state index contributed by atoms with van der Waals surface area (Å²) < 4.78 is 0. The molecule has 3 aliphatic carbocycles. The fourth-order valence-corrected chi connectivity index (χ4v) is 7.38. The van der Waals surface area contributed by atoms with Crippen molar-refractivity contribution in [2.75, 3.05) is 4.90 Å². The van der Waals surface area contributed by atoms with Crippen molar-refractivity contribution < 1.29 is 24.3 Å². The molecule has 1 N–H and O–H groups in total. The van der Waals surface area contributed by atoms with Gasteiger partial charge < -0.3 is 5.11 Å². The highest BCUT2D eigenvalue weighted by Gasteiger charge is 2.56. The Kier molecular flexibility index (Phi) is 5.72. The lowest BCUT2D eigenvalue weighted by Gasteiger charge is -2.42. The first kappa shape index (κ1) is 25.4. The molecule has 6 nitrogen and oxygen atoms in total. The van der Waals surface area contributed by atoms with Gasteiger partial charge in [0.25, 0.3) is 0 Å². The average Bonchev–Trinajstić information content (AvgIpc) is 3.25. The molecule has 0 saturated carbocycles. The maximum absolute atomic E-state index is 14.1. The van der Waals surface area contributed by atoms with Gasteiger partial charge in [-0.25, -0.2) is 0 Å². The molecule has 204 valence electrons. The van der Waals surface area contributed by atoms with Crippen molar-refractivity contribution in [3.63, 3.8) is 0 Å². The number of carbonyl (C=O) groups excluding carboxylic acids is 4. The highest BCUT2D eigenvalue weighted by Crippen LogP contribution is 2.56. The molecule has 0 unspecified atom stereocenters. The maximum Gasteiger partial charge on any atom is 0.238 e. The largest absolute Gasteiger partial charge is 0.507 e. The Bertz CT molecular complexity index is 1790. The maximum atomic E-state index is 14.1. The summed E-state index contributed by atoms with van der Waals surface area (Å²) in [7, 11) is 0. The predicted molar refractivity (Wildman–Crippen MR) is 155 cm³/mol. The summed E-state index contributed by atoms with van der Waals surface area (Å²) in [6.07, 6.45) is 4.78. The van der Waals surface area contributed by atoms with Crippen LogP contribution in [0.15, 0.2) is 95.1 Å². The van der Waals surface area contributed by atoms with Crippen molar-refractivity contribution in [2.45, 2.75) is 39.0 Å². The number of aromatic hydroxyl groups is 1. The molecular formula is C35H29NO5. The number of phenolic OH excluding ortho intramolecular Hbond substituents is 1. The van der Waals surface area contributed by atoms with E-state index in [0.717, 1.165) is 22.9 Å². The van der Waals surface area contributed by atoms with Crippen molar-refractivity contribution in [3.05, 3.63) is 106 Å². The summed E-state index contributed by atoms with van der Waals surface area (Å²) in [6.45, 7) is 3.68. The first-order chi connectivity index (χ1) is 19.8. The zero-order valence-corrected chi connectivity index (χ0v) is 22.9. The van der Waals surface area contributed by atoms with Gasteiger partial charge in [-0.15, -0.1) is 0 Å². The molecule has 6 heteroatoms. The molecule has 1 fully saturated rings. The van der Waals surface area contributed by atoms with Crippen LogP contribution in [0.5, 0.6) is 5.75 Å². The van der Waals surface area contributed by atoms with Gasteiger partial charge in [-0.2, -0.15) is 0 Å². The minimum absolute atomic E-state index is 0.0570. The van der Waals surface area contributed by atoms with Crippen LogP contribution in [0.3, 0.4) is 0 Å². The summed E-state index contributed by atoms with van der Waals surface area (Å²) in [5.74, 6) is -3.22. The van der Waals surface area contributed by atoms with E-state index in [-0.39, 0.29) is 35.6 Å². The normalized spacial score (nSPS) is 25.7. The van der Waals surface area contributed by atoms with Gasteiger partial charge in [0.05, 0.1) is 17.5 Å². The predicted octanol–water partition coefficient (Wildman–Crippen LogP) is 5.74. The molecule has 1 saturated heterocycles. The number of Topliss-reactive ketones (excluding diaryl/α,β-unsaturated/α-hetero) is 1. The van der Waals surface area contributed by atoms with E-state index in [2.05, 4.69) is 0 Å². The first-order valence-corrected chi connectivity index (χ1v) is 14.2. The first-order valence-electron chi connectivity index (χ1n) is 14.2. The van der Waals surface area contributed by atoms with E-state index < -0.39 is 23.7 Å². The minimum atomic E-state index is -0.684. The molecule has 1 heterocycles. The average molecular weight is 544 g/mol. The third kappa shape index (κ3) is 3.63. The molecule has 0 spiro atoms. The summed E-state index contributed by atoms with van der Waals surface area (Å²) in [5.41, 5.74) is 4.15. The SMILES string of the molecule is CCc1ccc(N2C(=O)[C@H]3[C@H](CC=C4[C@H](c5ccc6ccccc6c5O)C5=C(C[C@H]43)C(=O)C(C)=CC5=O)C2=O)cc1. The number of nitrogens with zero attached hydrogens (tertiary/aromatic N) is 1. The molecule has 0 bridgehead atoms. The van der Waals surface area contributed by atoms with Gasteiger partial charge in [0.1, 0.15) is 5.75 Å². The number of anilines is 1. The van der Waals surface area contributed by atoms with Gasteiger partial charge in [0.15, 0.2) is 11.6 Å². The Balaban J connectivity index is 1.38. The monoisotopic (exact) mass is 543 g/mol. The molecular weight excluding hydrogens is 514 g/mol. The molecule has 2 amide bonds. The quantitative estimate of drug-likeness (QED) is 0.258. The highest BCUT2D eigenvalue weighted by atomic mass is 16.3. The van der Waals surface area contributed by atoms with E-state index >= 15 is 0 Å². The number of imide groups is 1. The lowest BCUT2D eigenvalue weighted by Crippen LogP contribution is -2.39. The summed E-state index contributed by atoms with van der Waals surface area (Å²) in [4.78, 5) is 56.1. The molecule has 7 rings (SSSR count). The molecule has 3 aromatic rings. The van der Waals surface area contributed by atoms with E-state index in [9.17, 15) is 24.3 Å². The molecule has 0 radical (unpaired) electrons. The fourth-order valence-electron chi connectivity index (χ4n) is 7.38. The van der Waals surface area contributed by atoms with E-state index in [0.29, 0.717) is 39.8 Å². The van der Waals surface area contributed by atoms with Gasteiger partial charge in [0.2, 0.25) is 11.8 Å². The van der Waals surface area contributed by atoms with Crippen LogP contribution in [0.1, 0.15) is 43.7 Å². The second kappa shape index (κ2) is 9.23. The minimum Gasteiger partial charge on any atom is -0.507 e. The number of hydrogen-bond donors (Lipinski definition) is 1. The number of amides is 2. The van der Waals surface area contributed by atoms with Crippen molar-refractivity contribution in [2.24, 2.45) is 17.8 Å². The van der Waals surface area contributed by atoms with Gasteiger partial charge in [-0.1, -0.05) is 67.1 Å². The molecule has 1 aliphatic heterocycles. The van der Waals surface area contributed by atoms with Crippen LogP contribution in [0.4, 0.5) is 5.69 Å². The van der Waals surface area contributed by atoms with Gasteiger partial charge >= 0.3 is 0 Å². The zero-order chi connectivity index (χ0) is 28.6. The van der Waals surface area contributed by atoms with Crippen molar-refractivity contribution in [3.8, 4) is 5.75 Å². The number of carbonyl (C=O) groups is 4. The number of aryl methyl sites for hydroxylation is 1. The number of hydrogen-bond acceptors (Lipinski definition) is 5. The second-order valence-electron chi connectivity index (χ2n) is 11.5. The Morgan fingerprint density at radius 3 is 2.41 bits per heavy atom. The summed E-state index contributed by atoms with van der Waals surface area (Å²) in [6, 6.07) is 18.7. The molecule has 0 aromatic heterocycles. The number of allylic oxidation sites excluding steroid dienone is 6. The Labute approximate surface area is 237 Å². The molecule has 4 aliphatic rings. The summed E-state index contributed by atoms with van der Waals surface area (Å²) >= 11 is 0. The lowest BCUT2D eigenvalue weighted by molar-refractivity contribution is -0.123. The van der Waals surface area contributed by atoms with Crippen LogP contribution < -0.4 is 4.90 Å². The van der Waals surface area contributed by atoms with Gasteiger partial charge in [0, 0.05) is 33.6 Å². The van der Waals surface area contributed by atoms with Crippen LogP contribution in [-0.4, -0.2) is 28.5 Å². The standard InChI is InChI=1S/C35H29NO5/c1-3-19-8-11-21(12-9-19)36-34(40)25-15-14-23-26(30(25)35(36)41)17-27-31(28(37)16-18(2)32(27)38)29(23)24-13-10-20-6-4-5-7-22(20)33(24)39/h4-14,16,25-26,29-30,39H,3,15,17H2,1-2H3/t25-,26+,29+,30-/m0/s1. The van der Waals surface area contributed by atoms with Crippen molar-refractivity contribution in [1.82, 2.24) is 0 Å². The smallest absolute Gasteiger partial charge is 0.238 e. The van der Waals surface area contributed by atoms with Gasteiger partial charge in [-0.05, 0) is 61.3 Å². The third-order valence-electron chi connectivity index (χ3n) is 9.41. The highest BCUT2D eigenvalue weighted by molar-refractivity contribution is 6.25. The third-order valence-corrected chi connectivity index (χ3v) is 9.41. The van der Waals surface area contributed by atoms with Crippen LogP contribution in [0.2, 0.25) is 0 Å². The second-order valence-corrected chi connectivity index (χ2v) is 11.5. The molecule has 41 heavy (non-hydrogen) atoms. The number of ketones is 2. The number of rotatable bonds is 3. The number of fused-ring (bicyclic) bond motifs is 4. The zero-order valence-electron chi connectivity index (χ0n) is 22.9. The van der Waals surface area contributed by atoms with Crippen LogP contribution in [0, 0.1) is 17.8 Å². The van der Waals surface area contributed by atoms with Crippen LogP contribution in [-0.2, 0) is 25.6 Å². The van der Waals surface area contributed by atoms with E-state index in [1.807, 2.05) is 73.7 Å². The Morgan fingerprint density at radius 1 is 0.902 bits per heavy atom. The van der Waals surface area contributed by atoms with Gasteiger partial charge in [-0.3, -0.25) is 24.1 Å². The molecule has 3 aromatic carbocycles. The van der Waals surface area contributed by atoms with E-state index in [1.165, 1.54) is 11.0 Å². The van der Waals surface area contributed by atoms with Crippen LogP contribution in [0.25, 0.3) is 10.8 Å². The number of phenols is 1. The fraction of sp³-hybridized carbons (Fsp3) is 0.257. The van der Waals surface area contributed by atoms with E-state index in [1.54, 1.807) is 6.92 Å². The number of benzene rings is 3. The topological polar surface area (TPSA) is 91.8 Å². The lowest BCUT2D eigenvalue weighted by atomic mass is 9.59. The van der Waals surface area contributed by atoms with Crippen molar-refractivity contribution in [1.29, 1.82) is 0 Å². The van der Waals surface area contributed by atoms with Crippen molar-refractivity contribution >= 4 is 39.8 Å². The van der Waals surface area contributed by atoms with Crippen LogP contribution >= 0.6 is 0 Å².